The van der Waals surface area contributed by atoms with Gasteiger partial charge in [0.2, 0.25) is 10.0 Å². The van der Waals surface area contributed by atoms with E-state index in [9.17, 15) is 8.42 Å². The Morgan fingerprint density at radius 2 is 2.00 bits per heavy atom. The molecule has 0 aliphatic heterocycles. The van der Waals surface area contributed by atoms with Crippen molar-refractivity contribution in [1.82, 2.24) is 9.29 Å². The van der Waals surface area contributed by atoms with Gasteiger partial charge in [-0.3, -0.25) is 0 Å². The number of anilines is 1. The predicted octanol–water partition coefficient (Wildman–Crippen LogP) is 1.86. The van der Waals surface area contributed by atoms with Crippen LogP contribution in [0.15, 0.2) is 23.2 Å². The summed E-state index contributed by atoms with van der Waals surface area (Å²) in [4.78, 5) is 4.07. The van der Waals surface area contributed by atoms with Gasteiger partial charge in [0.05, 0.1) is 0 Å². The zero-order valence-electron chi connectivity index (χ0n) is 11.4. The van der Waals surface area contributed by atoms with Gasteiger partial charge >= 0.3 is 0 Å². The summed E-state index contributed by atoms with van der Waals surface area (Å²) in [7, 11) is -1.81. The number of nitrogens with two attached hydrogens (primary N) is 1. The molecule has 1 aliphatic rings. The van der Waals surface area contributed by atoms with Crippen LogP contribution < -0.4 is 5.73 Å². The standard InChI is InChI=1S/C13H21N3O2S/c1-10-5-3-4-6-12(10)16(2)19(17,18)11-7-8-13(14)15-9-11/h7-10,12H,3-6H2,1-2H3,(H2,14,15). The van der Waals surface area contributed by atoms with Crippen LogP contribution in [0.3, 0.4) is 0 Å². The van der Waals surface area contributed by atoms with Crippen LogP contribution in [0.1, 0.15) is 32.6 Å². The average molecular weight is 283 g/mol. The first-order valence-electron chi connectivity index (χ1n) is 6.62. The van der Waals surface area contributed by atoms with Gasteiger partial charge in [-0.1, -0.05) is 19.8 Å². The van der Waals surface area contributed by atoms with Crippen LogP contribution in [-0.4, -0.2) is 30.8 Å². The Hall–Kier alpha value is -1.14. The van der Waals surface area contributed by atoms with E-state index in [2.05, 4.69) is 11.9 Å². The molecule has 2 unspecified atom stereocenters. The molecule has 1 aliphatic carbocycles. The molecule has 19 heavy (non-hydrogen) atoms. The summed E-state index contributed by atoms with van der Waals surface area (Å²) in [6.45, 7) is 2.12. The third-order valence-corrected chi connectivity index (χ3v) is 5.84. The molecule has 1 saturated carbocycles. The van der Waals surface area contributed by atoms with Gasteiger partial charge in [0, 0.05) is 19.3 Å². The van der Waals surface area contributed by atoms with Gasteiger partial charge in [0.25, 0.3) is 0 Å². The van der Waals surface area contributed by atoms with Crippen molar-refractivity contribution in [3.63, 3.8) is 0 Å². The first-order chi connectivity index (χ1) is 8.93. The Kier molecular flexibility index (Phi) is 4.10. The van der Waals surface area contributed by atoms with E-state index in [4.69, 9.17) is 5.73 Å². The maximum Gasteiger partial charge on any atom is 0.244 e. The molecule has 1 heterocycles. The lowest BCUT2D eigenvalue weighted by Crippen LogP contribution is -2.42. The largest absolute Gasteiger partial charge is 0.384 e. The third kappa shape index (κ3) is 2.90. The Bertz CT molecular complexity index is 527. The van der Waals surface area contributed by atoms with Crippen molar-refractivity contribution in [3.05, 3.63) is 18.3 Å². The van der Waals surface area contributed by atoms with Gasteiger partial charge in [-0.15, -0.1) is 0 Å². The van der Waals surface area contributed by atoms with E-state index in [1.165, 1.54) is 29.1 Å². The predicted molar refractivity (Wildman–Crippen MR) is 75.0 cm³/mol. The number of nitrogens with zero attached hydrogens (tertiary/aromatic N) is 2. The van der Waals surface area contributed by atoms with Gasteiger partial charge in [0.1, 0.15) is 10.7 Å². The molecular weight excluding hydrogens is 262 g/mol. The second-order valence-electron chi connectivity index (χ2n) is 5.27. The van der Waals surface area contributed by atoms with Crippen LogP contribution in [0.2, 0.25) is 0 Å². The van der Waals surface area contributed by atoms with E-state index in [1.807, 2.05) is 0 Å². The highest BCUT2D eigenvalue weighted by Crippen LogP contribution is 2.30. The normalized spacial score (nSPS) is 24.6. The van der Waals surface area contributed by atoms with Crippen molar-refractivity contribution >= 4 is 15.8 Å². The van der Waals surface area contributed by atoms with Crippen LogP contribution in [0, 0.1) is 5.92 Å². The van der Waals surface area contributed by atoms with Crippen molar-refractivity contribution in [2.75, 3.05) is 12.8 Å². The number of nitrogen functional groups attached to an aromatic ring is 1. The zero-order chi connectivity index (χ0) is 14.0. The third-order valence-electron chi connectivity index (χ3n) is 3.97. The molecule has 1 aromatic rings. The minimum Gasteiger partial charge on any atom is -0.384 e. The summed E-state index contributed by atoms with van der Waals surface area (Å²) in [5, 5.41) is 0. The summed E-state index contributed by atoms with van der Waals surface area (Å²) in [5.74, 6) is 0.725. The summed E-state index contributed by atoms with van der Waals surface area (Å²) in [6.07, 6.45) is 5.63. The number of hydrogen-bond acceptors (Lipinski definition) is 4. The lowest BCUT2D eigenvalue weighted by molar-refractivity contribution is 0.213. The van der Waals surface area contributed by atoms with Gasteiger partial charge in [-0.05, 0) is 30.9 Å². The summed E-state index contributed by atoms with van der Waals surface area (Å²) in [6, 6.07) is 3.11. The monoisotopic (exact) mass is 283 g/mol. The maximum absolute atomic E-state index is 12.5. The Labute approximate surface area is 114 Å². The topological polar surface area (TPSA) is 76.3 Å². The molecule has 2 atom stereocenters. The maximum atomic E-state index is 12.5. The molecule has 2 N–H and O–H groups in total. The van der Waals surface area contributed by atoms with Gasteiger partial charge in [-0.2, -0.15) is 4.31 Å². The van der Waals surface area contributed by atoms with Crippen molar-refractivity contribution in [1.29, 1.82) is 0 Å². The fraction of sp³-hybridized carbons (Fsp3) is 0.615. The first-order valence-corrected chi connectivity index (χ1v) is 8.06. The lowest BCUT2D eigenvalue weighted by Gasteiger charge is -2.35. The van der Waals surface area contributed by atoms with Gasteiger partial charge in [0.15, 0.2) is 0 Å². The number of aromatic nitrogens is 1. The highest BCUT2D eigenvalue weighted by Gasteiger charge is 2.33. The molecule has 0 radical (unpaired) electrons. The van der Waals surface area contributed by atoms with Crippen molar-refractivity contribution in [3.8, 4) is 0 Å². The SMILES string of the molecule is CC1CCCCC1N(C)S(=O)(=O)c1ccc(N)nc1. The molecule has 0 saturated heterocycles. The molecule has 0 spiro atoms. The summed E-state index contributed by atoms with van der Waals surface area (Å²) in [5.41, 5.74) is 5.49. The molecule has 106 valence electrons. The molecule has 0 bridgehead atoms. The quantitative estimate of drug-likeness (QED) is 0.918. The molecule has 1 fully saturated rings. The Balaban J connectivity index is 2.25. The number of hydrogen-bond donors (Lipinski definition) is 1. The van der Waals surface area contributed by atoms with Gasteiger partial charge in [-0.25, -0.2) is 13.4 Å². The fourth-order valence-corrected chi connectivity index (χ4v) is 4.15. The number of rotatable bonds is 3. The van der Waals surface area contributed by atoms with Crippen LogP contribution in [0.4, 0.5) is 5.82 Å². The molecular formula is C13H21N3O2S. The van der Waals surface area contributed by atoms with E-state index in [1.54, 1.807) is 7.05 Å². The highest BCUT2D eigenvalue weighted by atomic mass is 32.2. The van der Waals surface area contributed by atoms with E-state index in [0.717, 1.165) is 19.3 Å². The van der Waals surface area contributed by atoms with Crippen molar-refractivity contribution in [2.45, 2.75) is 43.5 Å². The Morgan fingerprint density at radius 1 is 1.32 bits per heavy atom. The highest BCUT2D eigenvalue weighted by molar-refractivity contribution is 7.89. The molecule has 2 rings (SSSR count). The summed E-state index contributed by atoms with van der Waals surface area (Å²) < 4.78 is 26.6. The minimum absolute atomic E-state index is 0.0799. The smallest absolute Gasteiger partial charge is 0.244 e. The van der Waals surface area contributed by atoms with Crippen LogP contribution in [0.25, 0.3) is 0 Å². The molecule has 6 heteroatoms. The average Bonchev–Trinajstić information content (AvgIpc) is 2.39. The minimum atomic E-state index is -3.47. The number of sulfonamides is 1. The van der Waals surface area contributed by atoms with E-state index < -0.39 is 10.0 Å². The molecule has 1 aromatic heterocycles. The van der Waals surface area contributed by atoms with Crippen LogP contribution in [0.5, 0.6) is 0 Å². The zero-order valence-corrected chi connectivity index (χ0v) is 12.2. The molecule has 0 amide bonds. The van der Waals surface area contributed by atoms with Crippen LogP contribution >= 0.6 is 0 Å². The fourth-order valence-electron chi connectivity index (χ4n) is 2.73. The van der Waals surface area contributed by atoms with E-state index in [-0.39, 0.29) is 10.9 Å². The number of pyridine rings is 1. The lowest BCUT2D eigenvalue weighted by atomic mass is 9.86. The van der Waals surface area contributed by atoms with Crippen LogP contribution in [-0.2, 0) is 10.0 Å². The summed E-state index contributed by atoms with van der Waals surface area (Å²) >= 11 is 0. The Morgan fingerprint density at radius 3 is 2.58 bits per heavy atom. The van der Waals surface area contributed by atoms with E-state index in [0.29, 0.717) is 11.7 Å². The van der Waals surface area contributed by atoms with Crippen molar-refractivity contribution < 1.29 is 8.42 Å². The second-order valence-corrected chi connectivity index (χ2v) is 7.27. The first kappa shape index (κ1) is 14.3. The van der Waals surface area contributed by atoms with Gasteiger partial charge < -0.3 is 5.73 Å². The van der Waals surface area contributed by atoms with Crippen molar-refractivity contribution in [2.24, 2.45) is 5.92 Å². The molecule has 0 aromatic carbocycles. The second kappa shape index (κ2) is 5.46. The molecule has 5 nitrogen and oxygen atoms in total. The van der Waals surface area contributed by atoms with E-state index >= 15 is 0 Å².